The summed E-state index contributed by atoms with van der Waals surface area (Å²) in [6.07, 6.45) is 7.51. The third-order valence-electron chi connectivity index (χ3n) is 3.69. The topological polar surface area (TPSA) is 61.4 Å². The largest absolute Gasteiger partial charge is 0.393 e. The number of amides is 2. The van der Waals surface area contributed by atoms with Crippen molar-refractivity contribution in [2.75, 3.05) is 6.54 Å². The molecule has 1 atom stereocenters. The highest BCUT2D eigenvalue weighted by Gasteiger charge is 2.15. The van der Waals surface area contributed by atoms with Gasteiger partial charge < -0.3 is 15.7 Å². The van der Waals surface area contributed by atoms with Crippen molar-refractivity contribution in [1.82, 2.24) is 10.6 Å². The fourth-order valence-corrected chi connectivity index (χ4v) is 2.33. The first-order valence-corrected chi connectivity index (χ1v) is 7.32. The number of aliphatic hydroxyl groups is 1. The average molecular weight is 256 g/mol. The predicted octanol–water partition coefficient (Wildman–Crippen LogP) is 2.42. The van der Waals surface area contributed by atoms with Gasteiger partial charge in [-0.15, -0.1) is 0 Å². The second kappa shape index (κ2) is 8.35. The van der Waals surface area contributed by atoms with Crippen LogP contribution >= 0.6 is 0 Å². The van der Waals surface area contributed by atoms with Crippen LogP contribution in [0.2, 0.25) is 0 Å². The van der Waals surface area contributed by atoms with Gasteiger partial charge in [-0.1, -0.05) is 39.5 Å². The van der Waals surface area contributed by atoms with Gasteiger partial charge in [0.2, 0.25) is 0 Å². The van der Waals surface area contributed by atoms with Gasteiger partial charge in [-0.3, -0.25) is 0 Å². The van der Waals surface area contributed by atoms with E-state index < -0.39 is 0 Å². The minimum Gasteiger partial charge on any atom is -0.393 e. The molecule has 18 heavy (non-hydrogen) atoms. The van der Waals surface area contributed by atoms with E-state index in [1.165, 1.54) is 25.7 Å². The van der Waals surface area contributed by atoms with Gasteiger partial charge in [0.15, 0.2) is 0 Å². The Morgan fingerprint density at radius 1 is 1.22 bits per heavy atom. The quantitative estimate of drug-likeness (QED) is 0.662. The van der Waals surface area contributed by atoms with Crippen molar-refractivity contribution < 1.29 is 9.90 Å². The van der Waals surface area contributed by atoms with E-state index in [0.717, 1.165) is 12.8 Å². The summed E-state index contributed by atoms with van der Waals surface area (Å²) >= 11 is 0. The summed E-state index contributed by atoms with van der Waals surface area (Å²) in [5.74, 6) is 0.247. The lowest BCUT2D eigenvalue weighted by Crippen LogP contribution is -2.42. The molecule has 2 amide bonds. The lowest BCUT2D eigenvalue weighted by molar-refractivity contribution is 0.116. The van der Waals surface area contributed by atoms with Crippen molar-refractivity contribution in [3.05, 3.63) is 0 Å². The molecule has 0 aromatic rings. The molecule has 1 saturated carbocycles. The molecule has 1 fully saturated rings. The standard InChI is InChI=1S/C14H28N2O2/c1-11(2)13(17)9-10-15-14(18)16-12-7-5-3-4-6-8-12/h11-13,17H,3-10H2,1-2H3,(H2,15,16,18). The number of aliphatic hydroxyl groups excluding tert-OH is 1. The summed E-state index contributed by atoms with van der Waals surface area (Å²) < 4.78 is 0. The Hall–Kier alpha value is -0.770. The predicted molar refractivity (Wildman–Crippen MR) is 73.5 cm³/mol. The summed E-state index contributed by atoms with van der Waals surface area (Å²) in [5, 5.41) is 15.5. The fraction of sp³-hybridized carbons (Fsp3) is 0.929. The Morgan fingerprint density at radius 3 is 2.39 bits per heavy atom. The number of hydrogen-bond acceptors (Lipinski definition) is 2. The molecule has 106 valence electrons. The highest BCUT2D eigenvalue weighted by atomic mass is 16.3. The van der Waals surface area contributed by atoms with Crippen LogP contribution < -0.4 is 10.6 Å². The van der Waals surface area contributed by atoms with E-state index in [4.69, 9.17) is 0 Å². The lowest BCUT2D eigenvalue weighted by Gasteiger charge is -2.18. The van der Waals surface area contributed by atoms with E-state index in [9.17, 15) is 9.90 Å². The zero-order chi connectivity index (χ0) is 13.4. The summed E-state index contributed by atoms with van der Waals surface area (Å²) in [7, 11) is 0. The number of nitrogens with one attached hydrogen (secondary N) is 2. The zero-order valence-corrected chi connectivity index (χ0v) is 11.7. The van der Waals surface area contributed by atoms with E-state index in [-0.39, 0.29) is 18.1 Å². The van der Waals surface area contributed by atoms with Crippen molar-refractivity contribution in [1.29, 1.82) is 0 Å². The SMILES string of the molecule is CC(C)C(O)CCNC(=O)NC1CCCCCC1. The summed E-state index contributed by atoms with van der Waals surface area (Å²) in [6, 6.07) is 0.250. The minimum absolute atomic E-state index is 0.0853. The van der Waals surface area contributed by atoms with Crippen LogP contribution in [0, 0.1) is 5.92 Å². The molecular weight excluding hydrogens is 228 g/mol. The van der Waals surface area contributed by atoms with Crippen LogP contribution in [0.25, 0.3) is 0 Å². The van der Waals surface area contributed by atoms with Crippen LogP contribution in [-0.2, 0) is 0 Å². The minimum atomic E-state index is -0.330. The van der Waals surface area contributed by atoms with Crippen LogP contribution in [0.1, 0.15) is 58.8 Å². The second-order valence-corrected chi connectivity index (χ2v) is 5.69. The van der Waals surface area contributed by atoms with Crippen molar-refractivity contribution >= 4 is 6.03 Å². The molecule has 0 aliphatic heterocycles. The van der Waals surface area contributed by atoms with Gasteiger partial charge in [-0.2, -0.15) is 0 Å². The van der Waals surface area contributed by atoms with Gasteiger partial charge in [0.25, 0.3) is 0 Å². The average Bonchev–Trinajstić information content (AvgIpc) is 2.57. The maximum Gasteiger partial charge on any atom is 0.315 e. The lowest BCUT2D eigenvalue weighted by atomic mass is 10.0. The maximum atomic E-state index is 11.7. The molecule has 4 heteroatoms. The maximum absolute atomic E-state index is 11.7. The molecule has 0 bridgehead atoms. The number of carbonyl (C=O) groups is 1. The van der Waals surface area contributed by atoms with Gasteiger partial charge in [0.1, 0.15) is 0 Å². The molecule has 1 rings (SSSR count). The first-order valence-electron chi connectivity index (χ1n) is 7.32. The molecule has 0 aromatic carbocycles. The fourth-order valence-electron chi connectivity index (χ4n) is 2.33. The van der Waals surface area contributed by atoms with Gasteiger partial charge >= 0.3 is 6.03 Å². The molecule has 0 aromatic heterocycles. The molecule has 0 radical (unpaired) electrons. The van der Waals surface area contributed by atoms with E-state index in [2.05, 4.69) is 10.6 Å². The monoisotopic (exact) mass is 256 g/mol. The third kappa shape index (κ3) is 6.24. The Morgan fingerprint density at radius 2 is 1.83 bits per heavy atom. The summed E-state index contributed by atoms with van der Waals surface area (Å²) in [4.78, 5) is 11.7. The number of hydrogen-bond donors (Lipinski definition) is 3. The first-order chi connectivity index (χ1) is 8.59. The molecule has 1 aliphatic rings. The Kier molecular flexibility index (Phi) is 7.09. The highest BCUT2D eigenvalue weighted by Crippen LogP contribution is 2.16. The van der Waals surface area contributed by atoms with Gasteiger partial charge in [0, 0.05) is 12.6 Å². The van der Waals surface area contributed by atoms with Crippen LogP contribution in [0.3, 0.4) is 0 Å². The van der Waals surface area contributed by atoms with E-state index in [1.54, 1.807) is 0 Å². The van der Waals surface area contributed by atoms with Crippen molar-refractivity contribution in [2.24, 2.45) is 5.92 Å². The van der Waals surface area contributed by atoms with E-state index >= 15 is 0 Å². The molecule has 1 unspecified atom stereocenters. The van der Waals surface area contributed by atoms with Crippen molar-refractivity contribution in [3.8, 4) is 0 Å². The zero-order valence-electron chi connectivity index (χ0n) is 11.7. The normalized spacial score (nSPS) is 19.3. The first kappa shape index (κ1) is 15.3. The Bertz CT molecular complexity index is 236. The third-order valence-corrected chi connectivity index (χ3v) is 3.69. The van der Waals surface area contributed by atoms with Crippen molar-refractivity contribution in [2.45, 2.75) is 70.9 Å². The van der Waals surface area contributed by atoms with Crippen LogP contribution in [-0.4, -0.2) is 29.8 Å². The smallest absolute Gasteiger partial charge is 0.315 e. The van der Waals surface area contributed by atoms with Gasteiger partial charge in [-0.05, 0) is 25.2 Å². The summed E-state index contributed by atoms with van der Waals surface area (Å²) in [5.41, 5.74) is 0. The van der Waals surface area contributed by atoms with Crippen LogP contribution in [0.15, 0.2) is 0 Å². The molecular formula is C14H28N2O2. The van der Waals surface area contributed by atoms with Gasteiger partial charge in [-0.25, -0.2) is 4.79 Å². The highest BCUT2D eigenvalue weighted by molar-refractivity contribution is 5.74. The van der Waals surface area contributed by atoms with Crippen LogP contribution in [0.4, 0.5) is 4.79 Å². The molecule has 0 saturated heterocycles. The number of rotatable bonds is 5. The Balaban J connectivity index is 2.12. The molecule has 3 N–H and O–H groups in total. The van der Waals surface area contributed by atoms with E-state index in [0.29, 0.717) is 19.0 Å². The van der Waals surface area contributed by atoms with E-state index in [1.807, 2.05) is 13.8 Å². The second-order valence-electron chi connectivity index (χ2n) is 5.69. The molecule has 0 spiro atoms. The summed E-state index contributed by atoms with van der Waals surface area (Å²) in [6.45, 7) is 4.50. The molecule has 0 heterocycles. The van der Waals surface area contributed by atoms with Gasteiger partial charge in [0.05, 0.1) is 6.10 Å². The molecule has 4 nitrogen and oxygen atoms in total. The molecule has 1 aliphatic carbocycles. The Labute approximate surface area is 111 Å². The van der Waals surface area contributed by atoms with Crippen molar-refractivity contribution in [3.63, 3.8) is 0 Å². The number of urea groups is 1. The van der Waals surface area contributed by atoms with Crippen LogP contribution in [0.5, 0.6) is 0 Å². The number of carbonyl (C=O) groups excluding carboxylic acids is 1.